The third-order valence-electron chi connectivity index (χ3n) is 5.12. The van der Waals surface area contributed by atoms with Crippen molar-refractivity contribution in [1.29, 1.82) is 0 Å². The van der Waals surface area contributed by atoms with E-state index in [4.69, 9.17) is 11.6 Å². The van der Waals surface area contributed by atoms with Crippen LogP contribution in [-0.2, 0) is 9.59 Å². The van der Waals surface area contributed by atoms with E-state index in [1.807, 2.05) is 26.0 Å². The van der Waals surface area contributed by atoms with Crippen LogP contribution >= 0.6 is 11.6 Å². The van der Waals surface area contributed by atoms with Gasteiger partial charge in [-0.25, -0.2) is 4.90 Å². The number of carbonyl (C=O) groups excluding carboxylic acids is 3. The highest BCUT2D eigenvalue weighted by molar-refractivity contribution is 6.53. The lowest BCUT2D eigenvalue weighted by atomic mass is 10.1. The average molecular weight is 462 g/mol. The number of aromatic hydroxyl groups is 1. The SMILES string of the molecule is Cc1ccc(N2C(=O)C(Cl)=C(Nc3cccc(C(=O)Nc4cccc(O)c4)c3)C2=O)c(C)c1. The maximum absolute atomic E-state index is 13.1. The molecule has 3 amide bonds. The fourth-order valence-electron chi connectivity index (χ4n) is 3.56. The molecule has 3 aromatic carbocycles. The Morgan fingerprint density at radius 3 is 2.36 bits per heavy atom. The van der Waals surface area contributed by atoms with E-state index in [1.165, 1.54) is 18.2 Å². The predicted molar refractivity (Wildman–Crippen MR) is 127 cm³/mol. The number of carbonyl (C=O) groups is 3. The standard InChI is InChI=1S/C25H20ClN3O4/c1-14-9-10-20(15(2)11-14)29-24(32)21(26)22(25(29)33)27-17-6-3-5-16(12-17)23(31)28-18-7-4-8-19(30)13-18/h3-13,27,30H,1-2H3,(H,28,31). The largest absolute Gasteiger partial charge is 0.508 e. The second kappa shape index (κ2) is 8.80. The number of amides is 3. The van der Waals surface area contributed by atoms with Crippen LogP contribution < -0.4 is 15.5 Å². The predicted octanol–water partition coefficient (Wildman–Crippen LogP) is 4.70. The summed E-state index contributed by atoms with van der Waals surface area (Å²) in [7, 11) is 0. The number of halogens is 1. The number of nitrogens with one attached hydrogen (secondary N) is 2. The van der Waals surface area contributed by atoms with Crippen LogP contribution in [0, 0.1) is 13.8 Å². The Kier molecular flexibility index (Phi) is 5.89. The summed E-state index contributed by atoms with van der Waals surface area (Å²) in [5, 5.41) is 14.9. The quantitative estimate of drug-likeness (QED) is 0.478. The van der Waals surface area contributed by atoms with E-state index in [9.17, 15) is 19.5 Å². The summed E-state index contributed by atoms with van der Waals surface area (Å²) in [5.74, 6) is -1.57. The van der Waals surface area contributed by atoms with Gasteiger partial charge >= 0.3 is 0 Å². The highest BCUT2D eigenvalue weighted by Crippen LogP contribution is 2.32. The topological polar surface area (TPSA) is 98.7 Å². The molecule has 8 heteroatoms. The van der Waals surface area contributed by atoms with Crippen LogP contribution in [0.5, 0.6) is 5.75 Å². The van der Waals surface area contributed by atoms with Crippen molar-refractivity contribution < 1.29 is 19.5 Å². The molecule has 4 rings (SSSR count). The Morgan fingerprint density at radius 2 is 1.64 bits per heavy atom. The first-order valence-corrected chi connectivity index (χ1v) is 10.5. The van der Waals surface area contributed by atoms with Gasteiger partial charge in [-0.05, 0) is 55.8 Å². The molecule has 0 aromatic heterocycles. The number of nitrogens with zero attached hydrogens (tertiary/aromatic N) is 1. The van der Waals surface area contributed by atoms with Gasteiger partial charge < -0.3 is 15.7 Å². The van der Waals surface area contributed by atoms with Gasteiger partial charge in [-0.1, -0.05) is 41.4 Å². The lowest BCUT2D eigenvalue weighted by Gasteiger charge is -2.18. The molecule has 1 aliphatic heterocycles. The number of anilines is 3. The number of hydrogen-bond acceptors (Lipinski definition) is 5. The summed E-state index contributed by atoms with van der Waals surface area (Å²) in [6.07, 6.45) is 0. The van der Waals surface area contributed by atoms with Crippen molar-refractivity contribution in [3.05, 3.63) is 94.1 Å². The van der Waals surface area contributed by atoms with E-state index < -0.39 is 17.7 Å². The zero-order valence-electron chi connectivity index (χ0n) is 17.8. The maximum Gasteiger partial charge on any atom is 0.283 e. The fraction of sp³-hybridized carbons (Fsp3) is 0.0800. The van der Waals surface area contributed by atoms with E-state index in [0.717, 1.165) is 16.0 Å². The number of imide groups is 1. The van der Waals surface area contributed by atoms with Gasteiger partial charge in [-0.2, -0.15) is 0 Å². The molecule has 0 saturated heterocycles. The van der Waals surface area contributed by atoms with Gasteiger partial charge in [0.05, 0.1) is 5.69 Å². The molecule has 0 spiro atoms. The third kappa shape index (κ3) is 4.44. The zero-order chi connectivity index (χ0) is 23.7. The van der Waals surface area contributed by atoms with Crippen molar-refractivity contribution in [1.82, 2.24) is 0 Å². The van der Waals surface area contributed by atoms with Gasteiger partial charge in [0.15, 0.2) is 0 Å². The van der Waals surface area contributed by atoms with Crippen LogP contribution in [0.15, 0.2) is 77.5 Å². The number of phenols is 1. The highest BCUT2D eigenvalue weighted by Gasteiger charge is 2.39. The van der Waals surface area contributed by atoms with E-state index in [1.54, 1.807) is 36.4 Å². The van der Waals surface area contributed by atoms with Crippen LogP contribution in [0.1, 0.15) is 21.5 Å². The van der Waals surface area contributed by atoms with Crippen LogP contribution in [-0.4, -0.2) is 22.8 Å². The van der Waals surface area contributed by atoms with Gasteiger partial charge in [-0.15, -0.1) is 0 Å². The molecule has 0 atom stereocenters. The molecule has 0 unspecified atom stereocenters. The smallest absolute Gasteiger partial charge is 0.283 e. The molecule has 7 nitrogen and oxygen atoms in total. The summed E-state index contributed by atoms with van der Waals surface area (Å²) in [5.41, 5.74) is 3.33. The van der Waals surface area contributed by atoms with Crippen LogP contribution in [0.3, 0.4) is 0 Å². The van der Waals surface area contributed by atoms with Crippen molar-refractivity contribution in [3.8, 4) is 5.75 Å². The highest BCUT2D eigenvalue weighted by atomic mass is 35.5. The molecule has 0 aliphatic carbocycles. The Morgan fingerprint density at radius 1 is 0.909 bits per heavy atom. The molecule has 1 heterocycles. The first-order valence-electron chi connectivity index (χ1n) is 10.1. The van der Waals surface area contributed by atoms with Crippen LogP contribution in [0.4, 0.5) is 17.1 Å². The van der Waals surface area contributed by atoms with Crippen molar-refractivity contribution in [2.24, 2.45) is 0 Å². The first kappa shape index (κ1) is 22.1. The number of hydrogen-bond donors (Lipinski definition) is 3. The summed E-state index contributed by atoms with van der Waals surface area (Å²) in [4.78, 5) is 39.5. The van der Waals surface area contributed by atoms with Gasteiger partial charge in [0.25, 0.3) is 17.7 Å². The second-order valence-corrected chi connectivity index (χ2v) is 8.01. The third-order valence-corrected chi connectivity index (χ3v) is 5.47. The minimum absolute atomic E-state index is 0.0302. The van der Waals surface area contributed by atoms with Crippen molar-refractivity contribution in [2.75, 3.05) is 15.5 Å². The summed E-state index contributed by atoms with van der Waals surface area (Å²) < 4.78 is 0. The lowest BCUT2D eigenvalue weighted by molar-refractivity contribution is -0.120. The molecule has 3 N–H and O–H groups in total. The zero-order valence-corrected chi connectivity index (χ0v) is 18.6. The molecular formula is C25H20ClN3O4. The van der Waals surface area contributed by atoms with Gasteiger partial charge in [0.1, 0.15) is 16.5 Å². The monoisotopic (exact) mass is 461 g/mol. The fourth-order valence-corrected chi connectivity index (χ4v) is 3.77. The van der Waals surface area contributed by atoms with Crippen molar-refractivity contribution >= 4 is 46.4 Å². The van der Waals surface area contributed by atoms with Crippen LogP contribution in [0.2, 0.25) is 0 Å². The number of benzene rings is 3. The molecule has 0 saturated carbocycles. The number of rotatable bonds is 5. The van der Waals surface area contributed by atoms with E-state index in [0.29, 0.717) is 22.6 Å². The number of aryl methyl sites for hydroxylation is 2. The van der Waals surface area contributed by atoms with E-state index in [2.05, 4.69) is 10.6 Å². The molecule has 3 aromatic rings. The van der Waals surface area contributed by atoms with Crippen LogP contribution in [0.25, 0.3) is 0 Å². The molecule has 1 aliphatic rings. The summed E-state index contributed by atoms with van der Waals surface area (Å²) >= 11 is 6.23. The first-order chi connectivity index (χ1) is 15.7. The van der Waals surface area contributed by atoms with E-state index in [-0.39, 0.29) is 16.5 Å². The normalized spacial score (nSPS) is 13.5. The molecule has 0 fully saturated rings. The van der Waals surface area contributed by atoms with Gasteiger partial charge in [0.2, 0.25) is 0 Å². The lowest BCUT2D eigenvalue weighted by Crippen LogP contribution is -2.32. The number of phenolic OH excluding ortho intramolecular Hbond substituents is 1. The van der Waals surface area contributed by atoms with Crippen molar-refractivity contribution in [2.45, 2.75) is 13.8 Å². The Hall–Kier alpha value is -4.10. The van der Waals surface area contributed by atoms with Crippen molar-refractivity contribution in [3.63, 3.8) is 0 Å². The molecule has 33 heavy (non-hydrogen) atoms. The molecule has 0 bridgehead atoms. The van der Waals surface area contributed by atoms with E-state index >= 15 is 0 Å². The minimum atomic E-state index is -0.617. The minimum Gasteiger partial charge on any atom is -0.508 e. The molecule has 0 radical (unpaired) electrons. The molecular weight excluding hydrogens is 442 g/mol. The summed E-state index contributed by atoms with van der Waals surface area (Å²) in [6, 6.07) is 18.0. The summed E-state index contributed by atoms with van der Waals surface area (Å²) in [6.45, 7) is 3.74. The van der Waals surface area contributed by atoms with Gasteiger partial charge in [-0.3, -0.25) is 14.4 Å². The second-order valence-electron chi connectivity index (χ2n) is 7.63. The van der Waals surface area contributed by atoms with Gasteiger partial charge in [0, 0.05) is 23.0 Å². The Labute approximate surface area is 195 Å². The Balaban J connectivity index is 1.56. The maximum atomic E-state index is 13.1. The Bertz CT molecular complexity index is 1330. The average Bonchev–Trinajstić information content (AvgIpc) is 2.97. The molecule has 166 valence electrons.